The van der Waals surface area contributed by atoms with E-state index < -0.39 is 18.6 Å². The second-order valence-electron chi connectivity index (χ2n) is 11.0. The SMILES string of the molecule is C[C@@H]1CN(c2cnc(C3CC3)c(NC(=O)c3cccc(-c4cnn(CC(F)(F)F)c4)n3)c2)C[C@H](C)N1C1COC1. The zero-order valence-electron chi connectivity index (χ0n) is 22.4. The smallest absolute Gasteiger partial charge is 0.378 e. The van der Waals surface area contributed by atoms with Crippen LogP contribution in [0.15, 0.2) is 42.9 Å². The molecule has 2 atom stereocenters. The second-order valence-corrected chi connectivity index (χ2v) is 11.0. The Bertz CT molecular complexity index is 1370. The van der Waals surface area contributed by atoms with E-state index in [9.17, 15) is 18.0 Å². The lowest BCUT2D eigenvalue weighted by molar-refractivity contribution is -0.142. The molecule has 1 aliphatic carbocycles. The third kappa shape index (κ3) is 5.68. The van der Waals surface area contributed by atoms with E-state index in [0.717, 1.165) is 55.2 Å². The molecule has 2 saturated heterocycles. The van der Waals surface area contributed by atoms with E-state index in [0.29, 0.717) is 41.0 Å². The zero-order valence-corrected chi connectivity index (χ0v) is 22.4. The number of carbonyl (C=O) groups excluding carboxylic acids is 1. The fraction of sp³-hybridized carbons (Fsp3) is 0.500. The van der Waals surface area contributed by atoms with Crippen LogP contribution in [-0.2, 0) is 11.3 Å². The number of halogens is 3. The lowest BCUT2D eigenvalue weighted by Crippen LogP contribution is -2.64. The van der Waals surface area contributed by atoms with Crippen molar-refractivity contribution in [2.45, 2.75) is 63.5 Å². The first-order valence-corrected chi connectivity index (χ1v) is 13.6. The van der Waals surface area contributed by atoms with Gasteiger partial charge in [-0.1, -0.05) is 6.07 Å². The van der Waals surface area contributed by atoms with Gasteiger partial charge in [0.2, 0.25) is 0 Å². The molecule has 0 bridgehead atoms. The third-order valence-electron chi connectivity index (χ3n) is 7.76. The van der Waals surface area contributed by atoms with E-state index in [2.05, 4.69) is 39.0 Å². The highest BCUT2D eigenvalue weighted by atomic mass is 19.4. The van der Waals surface area contributed by atoms with Crippen molar-refractivity contribution in [3.05, 3.63) is 54.2 Å². The molecule has 2 aliphatic heterocycles. The number of hydrogen-bond donors (Lipinski definition) is 1. The summed E-state index contributed by atoms with van der Waals surface area (Å²) in [4.78, 5) is 27.4. The van der Waals surface area contributed by atoms with Gasteiger partial charge in [0.1, 0.15) is 12.2 Å². The lowest BCUT2D eigenvalue weighted by atomic mass is 10.0. The number of pyridine rings is 2. The summed E-state index contributed by atoms with van der Waals surface area (Å²) in [7, 11) is 0. The number of rotatable bonds is 7. The van der Waals surface area contributed by atoms with Gasteiger partial charge in [-0.05, 0) is 44.9 Å². The normalized spacial score (nSPS) is 22.3. The molecular formula is C28H32F3N7O2. The fourth-order valence-electron chi connectivity index (χ4n) is 5.76. The molecular weight excluding hydrogens is 523 g/mol. The van der Waals surface area contributed by atoms with Gasteiger partial charge in [-0.2, -0.15) is 18.3 Å². The highest BCUT2D eigenvalue weighted by Gasteiger charge is 2.38. The van der Waals surface area contributed by atoms with Crippen molar-refractivity contribution in [3.8, 4) is 11.3 Å². The Labute approximate surface area is 230 Å². The molecule has 3 aliphatic rings. The van der Waals surface area contributed by atoms with Gasteiger partial charge in [-0.15, -0.1) is 0 Å². The van der Waals surface area contributed by atoms with Crippen LogP contribution < -0.4 is 10.2 Å². The number of anilines is 2. The number of hydrogen-bond acceptors (Lipinski definition) is 7. The first-order valence-electron chi connectivity index (χ1n) is 13.6. The Balaban J connectivity index is 1.20. The monoisotopic (exact) mass is 555 g/mol. The average molecular weight is 556 g/mol. The molecule has 3 fully saturated rings. The molecule has 0 aromatic carbocycles. The number of aromatic nitrogens is 4. The topological polar surface area (TPSA) is 88.4 Å². The maximum atomic E-state index is 13.3. The van der Waals surface area contributed by atoms with Crippen molar-refractivity contribution in [2.24, 2.45) is 0 Å². The van der Waals surface area contributed by atoms with E-state index in [1.165, 1.54) is 12.4 Å². The van der Waals surface area contributed by atoms with E-state index in [1.807, 2.05) is 12.3 Å². The molecule has 6 rings (SSSR count). The summed E-state index contributed by atoms with van der Waals surface area (Å²) >= 11 is 0. The predicted molar refractivity (Wildman–Crippen MR) is 143 cm³/mol. The van der Waals surface area contributed by atoms with Gasteiger partial charge in [-0.25, -0.2) is 4.98 Å². The van der Waals surface area contributed by atoms with Gasteiger partial charge in [-0.3, -0.25) is 19.4 Å². The summed E-state index contributed by atoms with van der Waals surface area (Å²) in [5.41, 5.74) is 3.43. The van der Waals surface area contributed by atoms with Crippen LogP contribution in [0.4, 0.5) is 24.5 Å². The van der Waals surface area contributed by atoms with Gasteiger partial charge in [0, 0.05) is 42.9 Å². The van der Waals surface area contributed by atoms with Gasteiger partial charge in [0.15, 0.2) is 0 Å². The van der Waals surface area contributed by atoms with Gasteiger partial charge in [0.05, 0.1) is 54.4 Å². The van der Waals surface area contributed by atoms with Crippen molar-refractivity contribution in [2.75, 3.05) is 36.5 Å². The molecule has 0 radical (unpaired) electrons. The maximum Gasteiger partial charge on any atom is 0.408 e. The van der Waals surface area contributed by atoms with E-state index in [1.54, 1.807) is 18.2 Å². The molecule has 1 saturated carbocycles. The summed E-state index contributed by atoms with van der Waals surface area (Å²) in [5, 5.41) is 6.80. The zero-order chi connectivity index (χ0) is 28.0. The number of piperazine rings is 1. The lowest BCUT2D eigenvalue weighted by Gasteiger charge is -2.51. The van der Waals surface area contributed by atoms with Crippen LogP contribution in [0, 0.1) is 0 Å². The molecule has 9 nitrogen and oxygen atoms in total. The van der Waals surface area contributed by atoms with E-state index >= 15 is 0 Å². The summed E-state index contributed by atoms with van der Waals surface area (Å²) in [6.07, 6.45) is 2.17. The van der Waals surface area contributed by atoms with Gasteiger partial charge < -0.3 is 15.0 Å². The van der Waals surface area contributed by atoms with Crippen LogP contribution in [0.5, 0.6) is 0 Å². The summed E-state index contributed by atoms with van der Waals surface area (Å²) in [6.45, 7) is 6.56. The Morgan fingerprint density at radius 3 is 2.52 bits per heavy atom. The van der Waals surface area contributed by atoms with Gasteiger partial charge in [0.25, 0.3) is 5.91 Å². The summed E-state index contributed by atoms with van der Waals surface area (Å²) in [5.74, 6) is -0.0849. The van der Waals surface area contributed by atoms with Crippen LogP contribution in [0.3, 0.4) is 0 Å². The molecule has 5 heterocycles. The van der Waals surface area contributed by atoms with E-state index in [-0.39, 0.29) is 5.69 Å². The summed E-state index contributed by atoms with van der Waals surface area (Å²) in [6, 6.07) is 8.06. The molecule has 40 heavy (non-hydrogen) atoms. The summed E-state index contributed by atoms with van der Waals surface area (Å²) < 4.78 is 44.4. The molecule has 212 valence electrons. The van der Waals surface area contributed by atoms with Crippen LogP contribution in [0.1, 0.15) is 48.8 Å². The third-order valence-corrected chi connectivity index (χ3v) is 7.76. The number of alkyl halides is 3. The van der Waals surface area contributed by atoms with Crippen molar-refractivity contribution < 1.29 is 22.7 Å². The number of carbonyl (C=O) groups is 1. The fourth-order valence-corrected chi connectivity index (χ4v) is 5.76. The number of ether oxygens (including phenoxy) is 1. The second kappa shape index (κ2) is 10.5. The highest BCUT2D eigenvalue weighted by molar-refractivity contribution is 6.03. The Kier molecular flexibility index (Phi) is 6.99. The van der Waals surface area contributed by atoms with Gasteiger partial charge >= 0.3 is 6.18 Å². The van der Waals surface area contributed by atoms with Crippen molar-refractivity contribution in [1.82, 2.24) is 24.6 Å². The molecule has 0 spiro atoms. The first kappa shape index (κ1) is 26.7. The Hall–Kier alpha value is -3.51. The molecule has 12 heteroatoms. The largest absolute Gasteiger partial charge is 0.408 e. The quantitative estimate of drug-likeness (QED) is 0.464. The van der Waals surface area contributed by atoms with Crippen molar-refractivity contribution in [1.29, 1.82) is 0 Å². The Morgan fingerprint density at radius 2 is 1.88 bits per heavy atom. The van der Waals surface area contributed by atoms with Crippen LogP contribution >= 0.6 is 0 Å². The standard InChI is InChI=1S/C28H32F3N7O2/c1-17-11-36(12-18(2)38(17)22-14-40-15-22)21-8-25(26(32-10-21)19-6-7-19)35-27(39)24-5-3-4-23(34-24)20-9-33-37(13-20)16-28(29,30)31/h3-5,8-10,13,17-19,22H,6-7,11-12,14-16H2,1-2H3,(H,35,39)/t17-,18+. The number of amides is 1. The number of nitrogens with one attached hydrogen (secondary N) is 1. The van der Waals surface area contributed by atoms with Crippen LogP contribution in [-0.4, -0.2) is 81.2 Å². The molecule has 1 N–H and O–H groups in total. The molecule has 0 unspecified atom stereocenters. The minimum absolute atomic E-state index is 0.159. The van der Waals surface area contributed by atoms with E-state index in [4.69, 9.17) is 9.72 Å². The Morgan fingerprint density at radius 1 is 1.12 bits per heavy atom. The first-order chi connectivity index (χ1) is 19.1. The highest BCUT2D eigenvalue weighted by Crippen LogP contribution is 2.43. The van der Waals surface area contributed by atoms with Crippen LogP contribution in [0.2, 0.25) is 0 Å². The molecule has 3 aromatic rings. The van der Waals surface area contributed by atoms with Crippen molar-refractivity contribution >= 4 is 17.3 Å². The van der Waals surface area contributed by atoms with Crippen LogP contribution in [0.25, 0.3) is 11.3 Å². The molecule has 1 amide bonds. The molecule has 3 aromatic heterocycles. The number of nitrogens with zero attached hydrogens (tertiary/aromatic N) is 6. The van der Waals surface area contributed by atoms with Crippen molar-refractivity contribution in [3.63, 3.8) is 0 Å². The average Bonchev–Trinajstić information content (AvgIpc) is 3.62. The minimum Gasteiger partial charge on any atom is -0.378 e. The predicted octanol–water partition coefficient (Wildman–Crippen LogP) is 4.33. The minimum atomic E-state index is -4.38. The maximum absolute atomic E-state index is 13.3.